The van der Waals surface area contributed by atoms with Gasteiger partial charge in [0.05, 0.1) is 0 Å². The number of nitrogens with zero attached hydrogens (tertiary/aromatic N) is 2. The first-order valence-electron chi connectivity index (χ1n) is 8.01. The molecule has 3 heterocycles. The summed E-state index contributed by atoms with van der Waals surface area (Å²) in [7, 11) is 0. The van der Waals surface area contributed by atoms with E-state index in [1.165, 1.54) is 64.8 Å². The lowest BCUT2D eigenvalue weighted by atomic mass is 9.88. The highest BCUT2D eigenvalue weighted by atomic mass is 15.3. The fraction of sp³-hybridized carbons (Fsp3) is 1.00. The van der Waals surface area contributed by atoms with Crippen molar-refractivity contribution in [3.05, 3.63) is 0 Å². The predicted molar refractivity (Wildman–Crippen MR) is 75.9 cm³/mol. The van der Waals surface area contributed by atoms with Crippen molar-refractivity contribution >= 4 is 0 Å². The average molecular weight is 251 g/mol. The van der Waals surface area contributed by atoms with Crippen LogP contribution in [0.1, 0.15) is 46.0 Å². The topological polar surface area (TPSA) is 18.5 Å². The molecule has 3 fully saturated rings. The molecule has 0 aromatic carbocycles. The monoisotopic (exact) mass is 251 g/mol. The van der Waals surface area contributed by atoms with Gasteiger partial charge in [0.25, 0.3) is 0 Å². The molecular formula is C15H29N3. The molecule has 3 nitrogen and oxygen atoms in total. The summed E-state index contributed by atoms with van der Waals surface area (Å²) in [5.41, 5.74) is 0.393. The number of hydrogen-bond acceptors (Lipinski definition) is 3. The summed E-state index contributed by atoms with van der Waals surface area (Å²) in [6, 6.07) is 1.74. The van der Waals surface area contributed by atoms with Gasteiger partial charge in [0, 0.05) is 43.8 Å². The first kappa shape index (κ1) is 12.9. The lowest BCUT2D eigenvalue weighted by Gasteiger charge is -2.46. The van der Waals surface area contributed by atoms with Gasteiger partial charge in [-0.05, 0) is 38.6 Å². The molecule has 0 amide bonds. The number of nitrogens with one attached hydrogen (secondary N) is 1. The average Bonchev–Trinajstić information content (AvgIpc) is 3.01. The molecular weight excluding hydrogens is 222 g/mol. The molecule has 0 bridgehead atoms. The number of rotatable bonds is 3. The van der Waals surface area contributed by atoms with Gasteiger partial charge in [-0.1, -0.05) is 13.8 Å². The maximum absolute atomic E-state index is 3.79. The molecule has 104 valence electrons. The lowest BCUT2D eigenvalue weighted by Crippen LogP contribution is -2.63. The first-order chi connectivity index (χ1) is 8.78. The van der Waals surface area contributed by atoms with E-state index in [2.05, 4.69) is 29.0 Å². The Kier molecular flexibility index (Phi) is 3.65. The summed E-state index contributed by atoms with van der Waals surface area (Å²) in [6.07, 6.45) is 6.82. The number of fused-ring (bicyclic) bond motifs is 1. The quantitative estimate of drug-likeness (QED) is 0.823. The second-order valence-electron chi connectivity index (χ2n) is 6.49. The third-order valence-corrected chi connectivity index (χ3v) is 5.80. The summed E-state index contributed by atoms with van der Waals surface area (Å²) in [5.74, 6) is 0. The van der Waals surface area contributed by atoms with Gasteiger partial charge < -0.3 is 5.32 Å². The van der Waals surface area contributed by atoms with Crippen LogP contribution in [0.3, 0.4) is 0 Å². The number of piperazine rings is 1. The Hall–Kier alpha value is -0.120. The molecule has 0 aromatic rings. The van der Waals surface area contributed by atoms with Gasteiger partial charge in [0.15, 0.2) is 0 Å². The van der Waals surface area contributed by atoms with E-state index in [-0.39, 0.29) is 0 Å². The third-order valence-electron chi connectivity index (χ3n) is 5.80. The minimum atomic E-state index is 0.393. The molecule has 3 heteroatoms. The molecule has 3 rings (SSSR count). The molecule has 0 spiro atoms. The SMILES string of the molecule is CCC1(CC)CN(C2CCN3CCCC23)CCN1. The second-order valence-corrected chi connectivity index (χ2v) is 6.49. The second kappa shape index (κ2) is 5.10. The highest BCUT2D eigenvalue weighted by Gasteiger charge is 2.43. The minimum absolute atomic E-state index is 0.393. The van der Waals surface area contributed by atoms with E-state index in [0.717, 1.165) is 12.1 Å². The first-order valence-corrected chi connectivity index (χ1v) is 8.01. The highest BCUT2D eigenvalue weighted by molar-refractivity contribution is 5.01. The summed E-state index contributed by atoms with van der Waals surface area (Å²) in [4.78, 5) is 5.56. The van der Waals surface area contributed by atoms with Gasteiger partial charge in [0.2, 0.25) is 0 Å². The Labute approximate surface area is 112 Å². The fourth-order valence-corrected chi connectivity index (χ4v) is 4.48. The van der Waals surface area contributed by atoms with E-state index in [1.54, 1.807) is 0 Å². The maximum Gasteiger partial charge on any atom is 0.0304 e. The Morgan fingerprint density at radius 2 is 1.78 bits per heavy atom. The summed E-state index contributed by atoms with van der Waals surface area (Å²) in [6.45, 7) is 11.1. The van der Waals surface area contributed by atoms with E-state index in [1.807, 2.05) is 0 Å². The van der Waals surface area contributed by atoms with Gasteiger partial charge in [-0.2, -0.15) is 0 Å². The lowest BCUT2D eigenvalue weighted by molar-refractivity contribution is 0.0727. The molecule has 1 N–H and O–H groups in total. The molecule has 2 unspecified atom stereocenters. The maximum atomic E-state index is 3.79. The van der Waals surface area contributed by atoms with Gasteiger partial charge in [-0.25, -0.2) is 0 Å². The van der Waals surface area contributed by atoms with Crippen LogP contribution in [0.4, 0.5) is 0 Å². The summed E-state index contributed by atoms with van der Waals surface area (Å²) < 4.78 is 0. The van der Waals surface area contributed by atoms with E-state index in [0.29, 0.717) is 5.54 Å². The zero-order valence-corrected chi connectivity index (χ0v) is 12.1. The molecule has 0 aliphatic carbocycles. The van der Waals surface area contributed by atoms with E-state index in [9.17, 15) is 0 Å². The van der Waals surface area contributed by atoms with Crippen molar-refractivity contribution in [2.45, 2.75) is 63.6 Å². The van der Waals surface area contributed by atoms with Crippen LogP contribution in [0.15, 0.2) is 0 Å². The normalized spacial score (nSPS) is 37.0. The van der Waals surface area contributed by atoms with Crippen LogP contribution in [0.2, 0.25) is 0 Å². The number of hydrogen-bond donors (Lipinski definition) is 1. The van der Waals surface area contributed by atoms with Crippen LogP contribution in [0, 0.1) is 0 Å². The van der Waals surface area contributed by atoms with E-state index < -0.39 is 0 Å². The molecule has 18 heavy (non-hydrogen) atoms. The summed E-state index contributed by atoms with van der Waals surface area (Å²) in [5, 5.41) is 3.79. The fourth-order valence-electron chi connectivity index (χ4n) is 4.48. The summed E-state index contributed by atoms with van der Waals surface area (Å²) >= 11 is 0. The van der Waals surface area contributed by atoms with E-state index >= 15 is 0 Å². The van der Waals surface area contributed by atoms with Crippen LogP contribution in [0.25, 0.3) is 0 Å². The third kappa shape index (κ3) is 2.10. The minimum Gasteiger partial charge on any atom is -0.309 e. The van der Waals surface area contributed by atoms with Crippen LogP contribution in [-0.4, -0.2) is 60.1 Å². The van der Waals surface area contributed by atoms with Gasteiger partial charge in [0.1, 0.15) is 0 Å². The van der Waals surface area contributed by atoms with Crippen molar-refractivity contribution in [2.24, 2.45) is 0 Å². The van der Waals surface area contributed by atoms with Crippen LogP contribution >= 0.6 is 0 Å². The molecule has 0 saturated carbocycles. The molecule has 3 saturated heterocycles. The predicted octanol–water partition coefficient (Wildman–Crippen LogP) is 1.69. The van der Waals surface area contributed by atoms with Crippen molar-refractivity contribution < 1.29 is 0 Å². The van der Waals surface area contributed by atoms with Crippen LogP contribution < -0.4 is 5.32 Å². The Bertz CT molecular complexity index is 287. The van der Waals surface area contributed by atoms with Crippen LogP contribution in [-0.2, 0) is 0 Å². The van der Waals surface area contributed by atoms with E-state index in [4.69, 9.17) is 0 Å². The zero-order chi connectivity index (χ0) is 12.6. The van der Waals surface area contributed by atoms with Crippen molar-refractivity contribution in [2.75, 3.05) is 32.7 Å². The van der Waals surface area contributed by atoms with Crippen LogP contribution in [0.5, 0.6) is 0 Å². The van der Waals surface area contributed by atoms with Crippen molar-refractivity contribution in [3.8, 4) is 0 Å². The zero-order valence-electron chi connectivity index (χ0n) is 12.1. The van der Waals surface area contributed by atoms with Gasteiger partial charge in [-0.15, -0.1) is 0 Å². The molecule has 3 aliphatic heterocycles. The van der Waals surface area contributed by atoms with Gasteiger partial charge >= 0.3 is 0 Å². The van der Waals surface area contributed by atoms with Crippen molar-refractivity contribution in [1.29, 1.82) is 0 Å². The highest BCUT2D eigenvalue weighted by Crippen LogP contribution is 2.33. The molecule has 0 radical (unpaired) electrons. The van der Waals surface area contributed by atoms with Gasteiger partial charge in [-0.3, -0.25) is 9.80 Å². The standard InChI is InChI=1S/C15H29N3/c1-3-15(4-2)12-18(11-8-16-15)14-7-10-17-9-5-6-13(14)17/h13-14,16H,3-12H2,1-2H3. The van der Waals surface area contributed by atoms with Crippen molar-refractivity contribution in [3.63, 3.8) is 0 Å². The Balaban J connectivity index is 1.69. The Morgan fingerprint density at radius 3 is 2.56 bits per heavy atom. The van der Waals surface area contributed by atoms with Crippen molar-refractivity contribution in [1.82, 2.24) is 15.1 Å². The molecule has 0 aromatic heterocycles. The largest absolute Gasteiger partial charge is 0.309 e. The Morgan fingerprint density at radius 1 is 1.00 bits per heavy atom. The smallest absolute Gasteiger partial charge is 0.0304 e. The molecule has 2 atom stereocenters. The molecule has 3 aliphatic rings.